The van der Waals surface area contributed by atoms with Gasteiger partial charge in [0.05, 0.1) is 5.56 Å². The summed E-state index contributed by atoms with van der Waals surface area (Å²) in [6.45, 7) is 5.13. The first-order chi connectivity index (χ1) is 15.0. The summed E-state index contributed by atoms with van der Waals surface area (Å²) >= 11 is 1.63. The molecule has 1 aliphatic heterocycles. The van der Waals surface area contributed by atoms with Crippen LogP contribution >= 0.6 is 11.3 Å². The number of halogens is 3. The lowest BCUT2D eigenvalue weighted by molar-refractivity contribution is -0.161. The van der Waals surface area contributed by atoms with Crippen LogP contribution in [-0.2, 0) is 33.3 Å². The number of hydrogen-bond acceptors (Lipinski definition) is 5. The number of hydrogen-bond donors (Lipinski definition) is 0. The minimum atomic E-state index is -4.42. The molecule has 0 amide bonds. The lowest BCUT2D eigenvalue weighted by Gasteiger charge is -2.20. The van der Waals surface area contributed by atoms with Crippen LogP contribution in [0.1, 0.15) is 60.1 Å². The summed E-state index contributed by atoms with van der Waals surface area (Å²) in [6, 6.07) is 5.10. The van der Waals surface area contributed by atoms with Gasteiger partial charge in [-0.25, -0.2) is 9.78 Å². The summed E-state index contributed by atoms with van der Waals surface area (Å²) in [5, 5.41) is 0.922. The zero-order valence-electron chi connectivity index (χ0n) is 17.9. The predicted octanol–water partition coefficient (Wildman–Crippen LogP) is 6.52. The van der Waals surface area contributed by atoms with Crippen molar-refractivity contribution in [3.05, 3.63) is 51.5 Å². The van der Waals surface area contributed by atoms with Crippen molar-refractivity contribution in [2.75, 3.05) is 0 Å². The molecule has 168 valence electrons. The van der Waals surface area contributed by atoms with E-state index in [9.17, 15) is 18.0 Å². The fourth-order valence-electron chi connectivity index (χ4n) is 4.69. The number of aromatic nitrogens is 1. The monoisotopic (exact) mass is 461 g/mol. The van der Waals surface area contributed by atoms with Crippen LogP contribution in [0.5, 0.6) is 0 Å². The minimum Gasteiger partial charge on any atom is -0.431 e. The third kappa shape index (κ3) is 3.49. The number of carbonyl (C=O) groups is 1. The highest BCUT2D eigenvalue weighted by molar-refractivity contribution is 7.19. The topological polar surface area (TPSA) is 48.4 Å². The highest BCUT2D eigenvalue weighted by atomic mass is 32.1. The Morgan fingerprint density at radius 2 is 1.81 bits per heavy atom. The van der Waals surface area contributed by atoms with Gasteiger partial charge in [0.1, 0.15) is 4.83 Å². The number of rotatable bonds is 2. The largest absolute Gasteiger partial charge is 0.431 e. The fraction of sp³-hybridized carbons (Fsp3) is 0.417. The van der Waals surface area contributed by atoms with Gasteiger partial charge in [-0.05, 0) is 55.9 Å². The van der Waals surface area contributed by atoms with E-state index in [0.717, 1.165) is 53.6 Å². The number of nitrogens with zero attached hydrogens (tertiary/aromatic N) is 1. The number of carbonyl (C=O) groups excluding carboxylic acids is 1. The molecule has 4 nitrogen and oxygen atoms in total. The SMILES string of the molecule is Cc1nc2sc3c(c2c(-c2ccc(C(F)(F)F)cc2)c1C1OC(C)(C)OC1=O)CCCC3. The molecule has 0 radical (unpaired) electrons. The summed E-state index contributed by atoms with van der Waals surface area (Å²) in [5.41, 5.74) is 2.99. The molecule has 0 spiro atoms. The van der Waals surface area contributed by atoms with Crippen LogP contribution in [0.25, 0.3) is 21.3 Å². The molecule has 1 fully saturated rings. The van der Waals surface area contributed by atoms with Gasteiger partial charge >= 0.3 is 12.1 Å². The smallest absolute Gasteiger partial charge is 0.416 e. The predicted molar refractivity (Wildman–Crippen MR) is 115 cm³/mol. The molecule has 5 rings (SSSR count). The Labute approximate surface area is 187 Å². The maximum absolute atomic E-state index is 13.2. The van der Waals surface area contributed by atoms with Gasteiger partial charge < -0.3 is 9.47 Å². The van der Waals surface area contributed by atoms with Crippen LogP contribution in [-0.4, -0.2) is 16.7 Å². The van der Waals surface area contributed by atoms with Gasteiger partial charge in [-0.2, -0.15) is 13.2 Å². The third-order valence-electron chi connectivity index (χ3n) is 6.06. The van der Waals surface area contributed by atoms with E-state index in [1.54, 1.807) is 25.2 Å². The van der Waals surface area contributed by atoms with Crippen LogP contribution in [0.15, 0.2) is 24.3 Å². The highest BCUT2D eigenvalue weighted by Gasteiger charge is 2.44. The van der Waals surface area contributed by atoms with E-state index in [-0.39, 0.29) is 0 Å². The molecule has 2 aliphatic rings. The number of alkyl halides is 3. The summed E-state index contributed by atoms with van der Waals surface area (Å²) < 4.78 is 50.9. The molecule has 32 heavy (non-hydrogen) atoms. The number of cyclic esters (lactones) is 1. The second-order valence-electron chi connectivity index (χ2n) is 8.77. The van der Waals surface area contributed by atoms with Crippen molar-refractivity contribution in [1.82, 2.24) is 4.98 Å². The number of benzene rings is 1. The average molecular weight is 462 g/mol. The van der Waals surface area contributed by atoms with E-state index in [0.29, 0.717) is 16.8 Å². The molecule has 3 aromatic rings. The Hall–Kier alpha value is -2.45. The Kier molecular flexibility index (Phi) is 4.87. The van der Waals surface area contributed by atoms with Crippen molar-refractivity contribution in [3.63, 3.8) is 0 Å². The molecule has 1 unspecified atom stereocenters. The molecule has 1 saturated heterocycles. The van der Waals surface area contributed by atoms with Crippen molar-refractivity contribution in [2.45, 2.75) is 64.5 Å². The van der Waals surface area contributed by atoms with E-state index >= 15 is 0 Å². The molecule has 3 heterocycles. The van der Waals surface area contributed by atoms with Gasteiger partial charge in [0, 0.05) is 40.9 Å². The molecule has 1 atom stereocenters. The van der Waals surface area contributed by atoms with Gasteiger partial charge in [0.25, 0.3) is 0 Å². The Balaban J connectivity index is 1.80. The molecule has 0 bridgehead atoms. The van der Waals surface area contributed by atoms with E-state index in [2.05, 4.69) is 0 Å². The quantitative estimate of drug-likeness (QED) is 0.408. The number of pyridine rings is 1. The molecule has 1 aliphatic carbocycles. The van der Waals surface area contributed by atoms with Crippen LogP contribution in [0.3, 0.4) is 0 Å². The summed E-state index contributed by atoms with van der Waals surface area (Å²) in [4.78, 5) is 19.7. The van der Waals surface area contributed by atoms with E-state index in [4.69, 9.17) is 14.5 Å². The molecule has 0 N–H and O–H groups in total. The molecule has 2 aromatic heterocycles. The van der Waals surface area contributed by atoms with E-state index < -0.39 is 29.6 Å². The summed E-state index contributed by atoms with van der Waals surface area (Å²) in [7, 11) is 0. The van der Waals surface area contributed by atoms with Crippen molar-refractivity contribution >= 4 is 27.5 Å². The standard InChI is InChI=1S/C24H22F3NO3S/c1-12-17(20-22(29)31-23(2,3)30-20)18(13-8-10-14(11-9-13)24(25,26)27)19-15-6-4-5-7-16(15)32-21(19)28-12/h8-11,20H,4-7H2,1-3H3. The second-order valence-corrected chi connectivity index (χ2v) is 9.85. The van der Waals surface area contributed by atoms with Crippen LogP contribution in [0, 0.1) is 6.92 Å². The first-order valence-corrected chi connectivity index (χ1v) is 11.4. The number of esters is 1. The van der Waals surface area contributed by atoms with Gasteiger partial charge in [-0.1, -0.05) is 12.1 Å². The van der Waals surface area contributed by atoms with Crippen molar-refractivity contribution in [2.24, 2.45) is 0 Å². The number of aryl methyl sites for hydroxylation is 3. The van der Waals surface area contributed by atoms with Gasteiger partial charge in [-0.15, -0.1) is 11.3 Å². The van der Waals surface area contributed by atoms with Gasteiger partial charge in [-0.3, -0.25) is 0 Å². The molecular formula is C24H22F3NO3S. The van der Waals surface area contributed by atoms with Crippen molar-refractivity contribution < 1.29 is 27.4 Å². The summed E-state index contributed by atoms with van der Waals surface area (Å²) in [6.07, 6.45) is -1.41. The lowest BCUT2D eigenvalue weighted by atomic mass is 9.88. The highest BCUT2D eigenvalue weighted by Crippen LogP contribution is 2.47. The van der Waals surface area contributed by atoms with Gasteiger partial charge in [0.2, 0.25) is 5.79 Å². The molecule has 8 heteroatoms. The molecular weight excluding hydrogens is 439 g/mol. The summed E-state index contributed by atoms with van der Waals surface area (Å²) in [5.74, 6) is -1.61. The third-order valence-corrected chi connectivity index (χ3v) is 7.24. The minimum absolute atomic E-state index is 0.517. The number of ether oxygens (including phenoxy) is 2. The fourth-order valence-corrected chi connectivity index (χ4v) is 6.01. The van der Waals surface area contributed by atoms with E-state index in [1.807, 2.05) is 6.92 Å². The first kappa shape index (κ1) is 21.4. The van der Waals surface area contributed by atoms with Crippen LogP contribution in [0.2, 0.25) is 0 Å². The number of thiophene rings is 1. The zero-order chi connectivity index (χ0) is 22.8. The van der Waals surface area contributed by atoms with E-state index in [1.165, 1.54) is 22.6 Å². The van der Waals surface area contributed by atoms with Crippen LogP contribution in [0.4, 0.5) is 13.2 Å². The zero-order valence-corrected chi connectivity index (χ0v) is 18.7. The Morgan fingerprint density at radius 1 is 1.12 bits per heavy atom. The molecule has 0 saturated carbocycles. The van der Waals surface area contributed by atoms with Crippen molar-refractivity contribution in [1.29, 1.82) is 0 Å². The number of fused-ring (bicyclic) bond motifs is 3. The maximum Gasteiger partial charge on any atom is 0.416 e. The van der Waals surface area contributed by atoms with Crippen LogP contribution < -0.4 is 0 Å². The Bertz CT molecular complexity index is 1230. The van der Waals surface area contributed by atoms with Crippen molar-refractivity contribution in [3.8, 4) is 11.1 Å². The lowest BCUT2D eigenvalue weighted by Crippen LogP contribution is -2.20. The normalized spacial score (nSPS) is 20.4. The average Bonchev–Trinajstić information content (AvgIpc) is 3.21. The second kappa shape index (κ2) is 7.28. The first-order valence-electron chi connectivity index (χ1n) is 10.6. The maximum atomic E-state index is 13.2. The van der Waals surface area contributed by atoms with Gasteiger partial charge in [0.15, 0.2) is 6.10 Å². The molecule has 1 aromatic carbocycles. The Morgan fingerprint density at radius 3 is 2.44 bits per heavy atom.